The van der Waals surface area contributed by atoms with Gasteiger partial charge in [0.1, 0.15) is 0 Å². The molecule has 0 aliphatic rings. The molecular formula is C44H27NS2. The standard InChI is InChI=1S/C44H27NS2/c1-2-13-31(14-3-1)45(32-23-20-30(21-24-32)34-17-8-12-28-10-4-6-15-33(28)34)37-18-9-19-38-42(37)43-40(46-38)27-26-39-41(43)36-25-22-29-11-5-7-16-35(29)44(36)47-39/h1-27H. The van der Waals surface area contributed by atoms with E-state index in [1.54, 1.807) is 0 Å². The quantitative estimate of drug-likeness (QED) is 0.186. The maximum atomic E-state index is 2.43. The normalized spacial score (nSPS) is 11.8. The van der Waals surface area contributed by atoms with Crippen molar-refractivity contribution in [1.29, 1.82) is 0 Å². The van der Waals surface area contributed by atoms with Crippen LogP contribution >= 0.6 is 22.7 Å². The first-order chi connectivity index (χ1) is 23.3. The minimum absolute atomic E-state index is 1.14. The summed E-state index contributed by atoms with van der Waals surface area (Å²) in [6.07, 6.45) is 0. The first-order valence-electron chi connectivity index (χ1n) is 15.9. The number of para-hydroxylation sites is 1. The maximum Gasteiger partial charge on any atom is 0.0555 e. The molecule has 8 aromatic carbocycles. The summed E-state index contributed by atoms with van der Waals surface area (Å²) < 4.78 is 5.33. The topological polar surface area (TPSA) is 3.24 Å². The first kappa shape index (κ1) is 26.7. The highest BCUT2D eigenvalue weighted by Crippen LogP contribution is 2.50. The Labute approximate surface area is 280 Å². The third kappa shape index (κ3) is 4.14. The monoisotopic (exact) mass is 633 g/mol. The molecule has 0 saturated carbocycles. The van der Waals surface area contributed by atoms with Gasteiger partial charge in [-0.15, -0.1) is 22.7 Å². The zero-order valence-corrected chi connectivity index (χ0v) is 27.0. The highest BCUT2D eigenvalue weighted by molar-refractivity contribution is 7.28. The summed E-state index contributed by atoms with van der Waals surface area (Å²) in [5.41, 5.74) is 5.96. The van der Waals surface area contributed by atoms with E-state index in [1.165, 1.54) is 78.7 Å². The molecule has 0 aliphatic carbocycles. The minimum Gasteiger partial charge on any atom is -0.310 e. The van der Waals surface area contributed by atoms with Crippen molar-refractivity contribution < 1.29 is 0 Å². The van der Waals surface area contributed by atoms with Gasteiger partial charge >= 0.3 is 0 Å². The Bertz CT molecular complexity index is 2780. The lowest BCUT2D eigenvalue weighted by molar-refractivity contribution is 1.30. The molecule has 0 saturated heterocycles. The zero-order chi connectivity index (χ0) is 30.9. The third-order valence-electron chi connectivity index (χ3n) is 9.45. The predicted octanol–water partition coefficient (Wildman–Crippen LogP) is 13.9. The summed E-state index contributed by atoms with van der Waals surface area (Å²) in [4.78, 5) is 2.43. The molecule has 0 atom stereocenters. The van der Waals surface area contributed by atoms with Crippen LogP contribution in [0.2, 0.25) is 0 Å². The van der Waals surface area contributed by atoms with E-state index in [0.29, 0.717) is 0 Å². The molecule has 0 amide bonds. The Morgan fingerprint density at radius 2 is 1.00 bits per heavy atom. The second kappa shape index (κ2) is 10.5. The molecule has 0 radical (unpaired) electrons. The number of hydrogen-bond donors (Lipinski definition) is 0. The lowest BCUT2D eigenvalue weighted by Gasteiger charge is -2.26. The molecule has 2 heterocycles. The van der Waals surface area contributed by atoms with Crippen LogP contribution in [-0.2, 0) is 0 Å². The van der Waals surface area contributed by atoms with Crippen LogP contribution in [0, 0.1) is 0 Å². The van der Waals surface area contributed by atoms with Crippen LogP contribution in [0.1, 0.15) is 0 Å². The molecule has 0 bridgehead atoms. The maximum absolute atomic E-state index is 2.43. The van der Waals surface area contributed by atoms with Gasteiger partial charge in [0.15, 0.2) is 0 Å². The van der Waals surface area contributed by atoms with Crippen LogP contribution in [0.15, 0.2) is 164 Å². The molecule has 0 aliphatic heterocycles. The van der Waals surface area contributed by atoms with Crippen LogP contribution in [0.5, 0.6) is 0 Å². The summed E-state index contributed by atoms with van der Waals surface area (Å²) in [5.74, 6) is 0. The second-order valence-electron chi connectivity index (χ2n) is 12.1. The van der Waals surface area contributed by atoms with Crippen LogP contribution in [-0.4, -0.2) is 0 Å². The average molecular weight is 634 g/mol. The molecule has 0 fully saturated rings. The average Bonchev–Trinajstić information content (AvgIpc) is 3.71. The highest BCUT2D eigenvalue weighted by Gasteiger charge is 2.21. The first-order valence-corrected chi connectivity index (χ1v) is 17.6. The van der Waals surface area contributed by atoms with Crippen molar-refractivity contribution in [2.75, 3.05) is 4.90 Å². The van der Waals surface area contributed by atoms with Crippen molar-refractivity contribution in [2.24, 2.45) is 0 Å². The largest absolute Gasteiger partial charge is 0.310 e. The van der Waals surface area contributed by atoms with Gasteiger partial charge in [-0.05, 0) is 81.2 Å². The van der Waals surface area contributed by atoms with Crippen LogP contribution < -0.4 is 4.90 Å². The molecule has 1 nitrogen and oxygen atoms in total. The number of nitrogens with zero attached hydrogens (tertiary/aromatic N) is 1. The van der Waals surface area contributed by atoms with Gasteiger partial charge < -0.3 is 4.90 Å². The molecule has 10 aromatic rings. The van der Waals surface area contributed by atoms with Gasteiger partial charge in [0.05, 0.1) is 5.69 Å². The lowest BCUT2D eigenvalue weighted by Crippen LogP contribution is -2.10. The Kier molecular flexibility index (Phi) is 5.98. The van der Waals surface area contributed by atoms with Crippen LogP contribution in [0.4, 0.5) is 17.1 Å². The van der Waals surface area contributed by atoms with Crippen molar-refractivity contribution in [3.8, 4) is 11.1 Å². The third-order valence-corrected chi connectivity index (χ3v) is 11.8. The van der Waals surface area contributed by atoms with E-state index in [0.717, 1.165) is 11.4 Å². The zero-order valence-electron chi connectivity index (χ0n) is 25.4. The summed E-state index contributed by atoms with van der Waals surface area (Å²) in [6, 6.07) is 59.9. The predicted molar refractivity (Wildman–Crippen MR) is 207 cm³/mol. The van der Waals surface area contributed by atoms with Crippen molar-refractivity contribution in [3.63, 3.8) is 0 Å². The Morgan fingerprint density at radius 3 is 1.83 bits per heavy atom. The number of fused-ring (bicyclic) bond motifs is 10. The number of anilines is 3. The fourth-order valence-electron chi connectivity index (χ4n) is 7.34. The van der Waals surface area contributed by atoms with Crippen LogP contribution in [0.25, 0.3) is 73.0 Å². The number of rotatable bonds is 4. The molecule has 220 valence electrons. The highest BCUT2D eigenvalue weighted by atomic mass is 32.1. The number of benzene rings is 8. The van der Waals surface area contributed by atoms with E-state index in [-0.39, 0.29) is 0 Å². The smallest absolute Gasteiger partial charge is 0.0555 e. The van der Waals surface area contributed by atoms with Gasteiger partial charge in [0.25, 0.3) is 0 Å². The van der Waals surface area contributed by atoms with E-state index in [1.807, 2.05) is 22.7 Å². The summed E-state index contributed by atoms with van der Waals surface area (Å²) >= 11 is 3.81. The van der Waals surface area contributed by atoms with Crippen molar-refractivity contribution >= 4 is 102 Å². The summed E-state index contributed by atoms with van der Waals surface area (Å²) in [6.45, 7) is 0. The molecule has 10 rings (SSSR count). The fraction of sp³-hybridized carbons (Fsp3) is 0. The molecule has 3 heteroatoms. The SMILES string of the molecule is c1ccc(N(c2ccc(-c3cccc4ccccc34)cc2)c2cccc3sc4ccc5sc6c7ccccc7ccc6c5c4c23)cc1. The number of thiophene rings is 2. The molecule has 0 N–H and O–H groups in total. The van der Waals surface area contributed by atoms with Gasteiger partial charge in [0, 0.05) is 51.7 Å². The molecule has 0 unspecified atom stereocenters. The summed E-state index contributed by atoms with van der Waals surface area (Å²) in [5, 5.41) is 10.5. The number of hydrogen-bond acceptors (Lipinski definition) is 3. The Morgan fingerprint density at radius 1 is 0.362 bits per heavy atom. The van der Waals surface area contributed by atoms with Gasteiger partial charge in [0.2, 0.25) is 0 Å². The Balaban J connectivity index is 1.23. The van der Waals surface area contributed by atoms with Gasteiger partial charge in [-0.25, -0.2) is 0 Å². The second-order valence-corrected chi connectivity index (χ2v) is 14.2. The van der Waals surface area contributed by atoms with E-state index in [2.05, 4.69) is 169 Å². The molecular weight excluding hydrogens is 607 g/mol. The van der Waals surface area contributed by atoms with Crippen molar-refractivity contribution in [1.82, 2.24) is 0 Å². The van der Waals surface area contributed by atoms with Gasteiger partial charge in [-0.1, -0.05) is 115 Å². The minimum atomic E-state index is 1.14. The summed E-state index contributed by atoms with van der Waals surface area (Å²) in [7, 11) is 0. The van der Waals surface area contributed by atoms with E-state index >= 15 is 0 Å². The molecule has 0 spiro atoms. The molecule has 2 aromatic heterocycles. The van der Waals surface area contributed by atoms with E-state index < -0.39 is 0 Å². The fourth-order valence-corrected chi connectivity index (χ4v) is 9.72. The molecule has 47 heavy (non-hydrogen) atoms. The van der Waals surface area contributed by atoms with E-state index in [9.17, 15) is 0 Å². The van der Waals surface area contributed by atoms with Gasteiger partial charge in [-0.2, -0.15) is 0 Å². The van der Waals surface area contributed by atoms with Crippen LogP contribution in [0.3, 0.4) is 0 Å². The van der Waals surface area contributed by atoms with E-state index in [4.69, 9.17) is 0 Å². The van der Waals surface area contributed by atoms with Crippen molar-refractivity contribution in [3.05, 3.63) is 164 Å². The lowest BCUT2D eigenvalue weighted by atomic mass is 9.98. The van der Waals surface area contributed by atoms with Crippen molar-refractivity contribution in [2.45, 2.75) is 0 Å². The Hall–Kier alpha value is -5.48. The van der Waals surface area contributed by atoms with Gasteiger partial charge in [-0.3, -0.25) is 0 Å².